The summed E-state index contributed by atoms with van der Waals surface area (Å²) in [4.78, 5) is 42.4. The molecule has 0 radical (unpaired) electrons. The Labute approximate surface area is 230 Å². The fourth-order valence-corrected chi connectivity index (χ4v) is 6.22. The van der Waals surface area contributed by atoms with E-state index in [0.29, 0.717) is 61.3 Å². The zero-order valence-corrected chi connectivity index (χ0v) is 22.4. The highest BCUT2D eigenvalue weighted by atomic mass is 19.1. The molecule has 4 N–H and O–H groups in total. The van der Waals surface area contributed by atoms with Crippen molar-refractivity contribution in [1.29, 1.82) is 0 Å². The quantitative estimate of drug-likeness (QED) is 0.322. The summed E-state index contributed by atoms with van der Waals surface area (Å²) in [7, 11) is 0. The van der Waals surface area contributed by atoms with E-state index in [1.165, 1.54) is 6.07 Å². The van der Waals surface area contributed by atoms with Gasteiger partial charge in [-0.05, 0) is 49.0 Å². The van der Waals surface area contributed by atoms with E-state index in [0.717, 1.165) is 22.1 Å². The number of aliphatic hydroxyl groups is 1. The summed E-state index contributed by atoms with van der Waals surface area (Å²) in [5.74, 6) is -1.34. The van der Waals surface area contributed by atoms with Crippen LogP contribution in [0.3, 0.4) is 0 Å². The maximum Gasteiger partial charge on any atom is 0.343 e. The number of ether oxygens (including phenoxy) is 2. The van der Waals surface area contributed by atoms with Crippen LogP contribution in [0.15, 0.2) is 23.3 Å². The number of benzene rings is 1. The topological polar surface area (TPSA) is 139 Å². The number of carbonyl (C=O) groups excluding carboxylic acids is 3. The van der Waals surface area contributed by atoms with Gasteiger partial charge in [0.15, 0.2) is 5.60 Å². The molecule has 10 nitrogen and oxygen atoms in total. The number of hydrogen-bond donors (Lipinski definition) is 4. The third-order valence-electron chi connectivity index (χ3n) is 8.47. The van der Waals surface area contributed by atoms with Crippen LogP contribution in [0.25, 0.3) is 16.6 Å². The lowest BCUT2D eigenvalue weighted by atomic mass is 9.81. The normalized spacial score (nSPS) is 26.9. The number of aldehydes is 1. The summed E-state index contributed by atoms with van der Waals surface area (Å²) in [6.45, 7) is 4.94. The lowest BCUT2D eigenvalue weighted by molar-refractivity contribution is -0.162. The molecule has 1 amide bonds. The number of nitrogens with zero attached hydrogens (tertiary/aromatic N) is 1. The van der Waals surface area contributed by atoms with Gasteiger partial charge < -0.3 is 30.5 Å². The average Bonchev–Trinajstić information content (AvgIpc) is 3.37. The lowest BCUT2D eigenvalue weighted by Crippen LogP contribution is -2.52. The molecule has 4 aliphatic rings. The molecule has 1 aromatic carbocycles. The number of amides is 1. The lowest BCUT2D eigenvalue weighted by Gasteiger charge is -2.32. The minimum Gasteiger partial charge on any atom is -0.458 e. The van der Waals surface area contributed by atoms with Gasteiger partial charge in [0.1, 0.15) is 24.8 Å². The van der Waals surface area contributed by atoms with E-state index < -0.39 is 17.6 Å². The number of esters is 1. The van der Waals surface area contributed by atoms with E-state index in [1.807, 2.05) is 0 Å². The van der Waals surface area contributed by atoms with Crippen LogP contribution in [-0.2, 0) is 36.8 Å². The van der Waals surface area contributed by atoms with Gasteiger partial charge in [-0.1, -0.05) is 6.92 Å². The van der Waals surface area contributed by atoms with Crippen LogP contribution in [-0.4, -0.2) is 66.3 Å². The third kappa shape index (κ3) is 4.11. The predicted molar refractivity (Wildman–Crippen MR) is 142 cm³/mol. The van der Waals surface area contributed by atoms with Gasteiger partial charge in [0.05, 0.1) is 36.2 Å². The highest BCUT2D eigenvalue weighted by molar-refractivity contribution is 5.95. The van der Waals surface area contributed by atoms with Crippen LogP contribution in [0.1, 0.15) is 53.8 Å². The number of hydrogen-bond acceptors (Lipinski definition) is 9. The maximum atomic E-state index is 15.0. The van der Waals surface area contributed by atoms with Crippen molar-refractivity contribution in [3.63, 3.8) is 0 Å². The van der Waals surface area contributed by atoms with Crippen molar-refractivity contribution >= 4 is 34.8 Å². The standard InChI is InChI=1S/C29H31FN4O6/c1-3-29(38)18(15(11-35)12-40-28(29)37)8-22-26-17(10-32-22)25-20(34-27(36)23-13-39-7-6-31-23)5-4-16-14(2)19(30)9-21(33-26)24(16)25/h8-9,11,20,23,31-32,38H,3-7,10,12-13H2,1-2H3,(H,34,36)/b22-8-. The molecule has 11 heteroatoms. The van der Waals surface area contributed by atoms with E-state index in [2.05, 4.69) is 16.0 Å². The first-order valence-electron chi connectivity index (χ1n) is 13.6. The summed E-state index contributed by atoms with van der Waals surface area (Å²) in [6, 6.07) is 0.608. The van der Waals surface area contributed by atoms with E-state index in [4.69, 9.17) is 14.5 Å². The molecule has 1 aliphatic carbocycles. The van der Waals surface area contributed by atoms with E-state index in [9.17, 15) is 19.5 Å². The Morgan fingerprint density at radius 3 is 2.92 bits per heavy atom. The van der Waals surface area contributed by atoms with Crippen molar-refractivity contribution in [2.75, 3.05) is 26.4 Å². The van der Waals surface area contributed by atoms with Gasteiger partial charge in [0.2, 0.25) is 5.91 Å². The minimum atomic E-state index is -1.99. The number of carbonyl (C=O) groups is 3. The Morgan fingerprint density at radius 1 is 1.38 bits per heavy atom. The molecular formula is C29H31FN4O6. The fraction of sp³-hybridized carbons (Fsp3) is 0.448. The summed E-state index contributed by atoms with van der Waals surface area (Å²) >= 11 is 0. The number of morpholine rings is 1. The number of halogens is 1. The van der Waals surface area contributed by atoms with Crippen LogP contribution >= 0.6 is 0 Å². The van der Waals surface area contributed by atoms with E-state index in [1.54, 1.807) is 19.9 Å². The van der Waals surface area contributed by atoms with Crippen molar-refractivity contribution in [1.82, 2.24) is 20.9 Å². The largest absolute Gasteiger partial charge is 0.458 e. The van der Waals surface area contributed by atoms with Gasteiger partial charge in [0, 0.05) is 41.3 Å². The second-order valence-corrected chi connectivity index (χ2v) is 10.6. The smallest absolute Gasteiger partial charge is 0.343 e. The fourth-order valence-electron chi connectivity index (χ4n) is 6.22. The second-order valence-electron chi connectivity index (χ2n) is 10.6. The molecule has 6 rings (SSSR count). The van der Waals surface area contributed by atoms with Crippen molar-refractivity contribution < 1.29 is 33.4 Å². The van der Waals surface area contributed by atoms with Crippen molar-refractivity contribution in [3.05, 3.63) is 57.1 Å². The number of cyclic esters (lactones) is 1. The number of pyridine rings is 1. The molecular weight excluding hydrogens is 519 g/mol. The minimum absolute atomic E-state index is 0.00636. The molecule has 40 heavy (non-hydrogen) atoms. The molecule has 0 spiro atoms. The van der Waals surface area contributed by atoms with Gasteiger partial charge in [-0.2, -0.15) is 0 Å². The van der Waals surface area contributed by atoms with Crippen molar-refractivity contribution in [3.8, 4) is 0 Å². The molecule has 3 atom stereocenters. The molecule has 0 saturated carbocycles. The molecule has 3 unspecified atom stereocenters. The predicted octanol–water partition coefficient (Wildman–Crippen LogP) is 1.41. The Balaban J connectivity index is 1.50. The Morgan fingerprint density at radius 2 is 2.20 bits per heavy atom. The highest BCUT2D eigenvalue weighted by Gasteiger charge is 2.44. The zero-order valence-electron chi connectivity index (χ0n) is 22.4. The molecule has 0 bridgehead atoms. The molecule has 1 fully saturated rings. The molecule has 4 heterocycles. The number of aryl methyl sites for hydroxylation is 1. The van der Waals surface area contributed by atoms with Gasteiger partial charge in [-0.3, -0.25) is 9.59 Å². The Bertz CT molecular complexity index is 1510. The van der Waals surface area contributed by atoms with E-state index >= 15 is 4.39 Å². The van der Waals surface area contributed by atoms with Crippen LogP contribution < -0.4 is 16.0 Å². The Kier molecular flexibility index (Phi) is 6.68. The van der Waals surface area contributed by atoms with Gasteiger partial charge >= 0.3 is 5.97 Å². The molecule has 210 valence electrons. The molecule has 1 saturated heterocycles. The van der Waals surface area contributed by atoms with Crippen molar-refractivity contribution in [2.24, 2.45) is 0 Å². The second kappa shape index (κ2) is 10.1. The monoisotopic (exact) mass is 550 g/mol. The first-order valence-corrected chi connectivity index (χ1v) is 13.6. The highest BCUT2D eigenvalue weighted by Crippen LogP contribution is 2.43. The van der Waals surface area contributed by atoms with E-state index in [-0.39, 0.29) is 48.5 Å². The molecule has 3 aliphatic heterocycles. The summed E-state index contributed by atoms with van der Waals surface area (Å²) in [6.07, 6.45) is 3.32. The van der Waals surface area contributed by atoms with Gasteiger partial charge in [-0.15, -0.1) is 0 Å². The molecule has 2 aromatic rings. The first kappa shape index (κ1) is 26.5. The van der Waals surface area contributed by atoms with Gasteiger partial charge in [-0.25, -0.2) is 14.2 Å². The number of nitrogens with one attached hydrogen (secondary N) is 3. The van der Waals surface area contributed by atoms with Gasteiger partial charge in [0.25, 0.3) is 0 Å². The van der Waals surface area contributed by atoms with Crippen LogP contribution in [0.2, 0.25) is 0 Å². The average molecular weight is 551 g/mol. The van der Waals surface area contributed by atoms with Crippen molar-refractivity contribution in [2.45, 2.75) is 57.3 Å². The van der Waals surface area contributed by atoms with Crippen LogP contribution in [0.4, 0.5) is 4.39 Å². The number of fused-ring (bicyclic) bond motifs is 2. The third-order valence-corrected chi connectivity index (χ3v) is 8.47. The first-order chi connectivity index (χ1) is 19.3. The Hall–Kier alpha value is -3.67. The zero-order chi connectivity index (χ0) is 28.2. The summed E-state index contributed by atoms with van der Waals surface area (Å²) < 4.78 is 25.5. The summed E-state index contributed by atoms with van der Waals surface area (Å²) in [5, 5.41) is 21.7. The number of aromatic nitrogens is 1. The maximum absolute atomic E-state index is 15.0. The summed E-state index contributed by atoms with van der Waals surface area (Å²) in [5.41, 5.74) is 2.96. The molecule has 1 aromatic heterocycles. The van der Waals surface area contributed by atoms with Crippen LogP contribution in [0.5, 0.6) is 0 Å². The number of rotatable bonds is 5. The SMILES string of the molecule is CCC1(O)C(=O)OCC(C=O)=C1/C=C1\NCc2c1nc1cc(F)c(C)c3c1c2C(NC(=O)C1COCCN1)CC3. The van der Waals surface area contributed by atoms with Crippen LogP contribution in [0, 0.1) is 12.7 Å².